The molecule has 0 aliphatic carbocycles. The number of amides is 2. The molecular weight excluding hydrogens is 394 g/mol. The summed E-state index contributed by atoms with van der Waals surface area (Å²) in [6.07, 6.45) is 0.0174. The van der Waals surface area contributed by atoms with Crippen LogP contribution in [0.2, 0.25) is 5.02 Å². The summed E-state index contributed by atoms with van der Waals surface area (Å²) in [7, 11) is 1.50. The van der Waals surface area contributed by atoms with Gasteiger partial charge in [0.05, 0.1) is 24.8 Å². The first kappa shape index (κ1) is 21.1. The van der Waals surface area contributed by atoms with Gasteiger partial charge in [-0.15, -0.1) is 0 Å². The molecule has 0 spiro atoms. The fourth-order valence-electron chi connectivity index (χ4n) is 3.11. The SMILES string of the molecule is COc1ccc(NC(=O)C(=O)NCCN2CCO[C@@H](c3ccccc3)C2)cc1Cl. The molecule has 0 aromatic heterocycles. The molecule has 29 heavy (non-hydrogen) atoms. The van der Waals surface area contributed by atoms with Crippen molar-refractivity contribution in [2.75, 3.05) is 45.2 Å². The van der Waals surface area contributed by atoms with Gasteiger partial charge in [-0.05, 0) is 23.8 Å². The normalized spacial score (nSPS) is 16.8. The number of anilines is 1. The molecule has 1 aliphatic heterocycles. The van der Waals surface area contributed by atoms with Crippen LogP contribution in [0.4, 0.5) is 5.69 Å². The van der Waals surface area contributed by atoms with Gasteiger partial charge in [-0.1, -0.05) is 41.9 Å². The highest BCUT2D eigenvalue weighted by molar-refractivity contribution is 6.40. The maximum absolute atomic E-state index is 12.1. The van der Waals surface area contributed by atoms with Crippen LogP contribution >= 0.6 is 11.6 Å². The second-order valence-electron chi connectivity index (χ2n) is 6.63. The lowest BCUT2D eigenvalue weighted by Crippen LogP contribution is -2.44. The van der Waals surface area contributed by atoms with Crippen LogP contribution in [0, 0.1) is 0 Å². The van der Waals surface area contributed by atoms with Crippen LogP contribution in [-0.2, 0) is 14.3 Å². The van der Waals surface area contributed by atoms with Gasteiger partial charge in [0.2, 0.25) is 0 Å². The summed E-state index contributed by atoms with van der Waals surface area (Å²) in [4.78, 5) is 26.3. The van der Waals surface area contributed by atoms with Crippen molar-refractivity contribution in [1.82, 2.24) is 10.2 Å². The third kappa shape index (κ3) is 5.93. The summed E-state index contributed by atoms with van der Waals surface area (Å²) in [5.74, 6) is -0.936. The van der Waals surface area contributed by atoms with Crippen molar-refractivity contribution < 1.29 is 19.1 Å². The van der Waals surface area contributed by atoms with E-state index in [1.807, 2.05) is 30.3 Å². The van der Waals surface area contributed by atoms with Crippen LogP contribution < -0.4 is 15.4 Å². The Morgan fingerprint density at radius 1 is 1.21 bits per heavy atom. The number of hydrogen-bond donors (Lipinski definition) is 2. The van der Waals surface area contributed by atoms with E-state index in [4.69, 9.17) is 21.1 Å². The number of halogens is 1. The van der Waals surface area contributed by atoms with Crippen LogP contribution in [0.5, 0.6) is 5.75 Å². The lowest BCUT2D eigenvalue weighted by atomic mass is 10.1. The molecule has 1 aliphatic rings. The molecule has 7 nitrogen and oxygen atoms in total. The Morgan fingerprint density at radius 3 is 2.72 bits per heavy atom. The summed E-state index contributed by atoms with van der Waals surface area (Å²) >= 11 is 6.03. The summed E-state index contributed by atoms with van der Waals surface area (Å²) < 4.78 is 10.9. The fourth-order valence-corrected chi connectivity index (χ4v) is 3.37. The predicted octanol–water partition coefficient (Wildman–Crippen LogP) is 2.48. The van der Waals surface area contributed by atoms with E-state index in [0.29, 0.717) is 36.2 Å². The van der Waals surface area contributed by atoms with E-state index in [1.165, 1.54) is 13.2 Å². The number of nitrogens with zero attached hydrogens (tertiary/aromatic N) is 1. The Bertz CT molecular complexity index is 847. The minimum absolute atomic E-state index is 0.0174. The Morgan fingerprint density at radius 2 is 2.00 bits per heavy atom. The summed E-state index contributed by atoms with van der Waals surface area (Å²) in [5.41, 5.74) is 1.56. The first-order valence-corrected chi connectivity index (χ1v) is 9.76. The predicted molar refractivity (Wildman–Crippen MR) is 111 cm³/mol. The minimum Gasteiger partial charge on any atom is -0.495 e. The first-order chi connectivity index (χ1) is 14.1. The van der Waals surface area contributed by atoms with Crippen molar-refractivity contribution in [2.45, 2.75) is 6.10 Å². The van der Waals surface area contributed by atoms with Gasteiger partial charge in [-0.25, -0.2) is 0 Å². The molecular formula is C21H24ClN3O4. The monoisotopic (exact) mass is 417 g/mol. The highest BCUT2D eigenvalue weighted by Gasteiger charge is 2.22. The highest BCUT2D eigenvalue weighted by Crippen LogP contribution is 2.27. The van der Waals surface area contributed by atoms with Crippen molar-refractivity contribution >= 4 is 29.1 Å². The van der Waals surface area contributed by atoms with Crippen molar-refractivity contribution in [3.8, 4) is 5.75 Å². The molecule has 154 valence electrons. The van der Waals surface area contributed by atoms with Crippen molar-refractivity contribution in [2.24, 2.45) is 0 Å². The average molecular weight is 418 g/mol. The number of nitrogens with one attached hydrogen (secondary N) is 2. The number of rotatable bonds is 6. The van der Waals surface area contributed by atoms with Crippen molar-refractivity contribution in [3.05, 3.63) is 59.1 Å². The van der Waals surface area contributed by atoms with E-state index in [2.05, 4.69) is 15.5 Å². The Balaban J connectivity index is 1.43. The largest absolute Gasteiger partial charge is 0.495 e. The molecule has 8 heteroatoms. The Kier molecular flexibility index (Phi) is 7.46. The summed E-state index contributed by atoms with van der Waals surface area (Å²) in [6, 6.07) is 14.8. The van der Waals surface area contributed by atoms with Gasteiger partial charge in [0, 0.05) is 31.9 Å². The Labute approximate surface area is 174 Å². The third-order valence-electron chi connectivity index (χ3n) is 4.65. The van der Waals surface area contributed by atoms with Crippen LogP contribution in [0.25, 0.3) is 0 Å². The first-order valence-electron chi connectivity index (χ1n) is 9.38. The summed E-state index contributed by atoms with van der Waals surface area (Å²) in [5, 5.41) is 5.53. The quantitative estimate of drug-likeness (QED) is 0.706. The molecule has 0 saturated carbocycles. The zero-order valence-corrected chi connectivity index (χ0v) is 16.9. The molecule has 1 saturated heterocycles. The molecule has 0 radical (unpaired) electrons. The van der Waals surface area contributed by atoms with Gasteiger partial charge in [-0.3, -0.25) is 14.5 Å². The van der Waals surface area contributed by atoms with Crippen LogP contribution in [0.1, 0.15) is 11.7 Å². The average Bonchev–Trinajstić information content (AvgIpc) is 2.74. The second-order valence-corrected chi connectivity index (χ2v) is 7.04. The summed E-state index contributed by atoms with van der Waals surface area (Å²) in [6.45, 7) is 3.18. The molecule has 2 aromatic rings. The number of benzene rings is 2. The van der Waals surface area contributed by atoms with E-state index in [0.717, 1.165) is 18.7 Å². The lowest BCUT2D eigenvalue weighted by molar-refractivity contribution is -0.136. The fraction of sp³-hybridized carbons (Fsp3) is 0.333. The maximum Gasteiger partial charge on any atom is 0.313 e. The van der Waals surface area contributed by atoms with Crippen LogP contribution in [0.15, 0.2) is 48.5 Å². The number of ether oxygens (including phenoxy) is 2. The number of carbonyl (C=O) groups is 2. The molecule has 2 aromatic carbocycles. The molecule has 2 N–H and O–H groups in total. The molecule has 1 atom stereocenters. The number of carbonyl (C=O) groups excluding carboxylic acids is 2. The van der Waals surface area contributed by atoms with E-state index in [-0.39, 0.29) is 6.10 Å². The van der Waals surface area contributed by atoms with E-state index in [1.54, 1.807) is 12.1 Å². The Hall–Kier alpha value is -2.61. The van der Waals surface area contributed by atoms with Gasteiger partial charge in [0.15, 0.2) is 0 Å². The molecule has 1 heterocycles. The third-order valence-corrected chi connectivity index (χ3v) is 4.95. The van der Waals surface area contributed by atoms with Crippen LogP contribution in [0.3, 0.4) is 0 Å². The van der Waals surface area contributed by atoms with Crippen molar-refractivity contribution in [1.29, 1.82) is 0 Å². The molecule has 0 unspecified atom stereocenters. The molecule has 1 fully saturated rings. The van der Waals surface area contributed by atoms with E-state index < -0.39 is 11.8 Å². The number of methoxy groups -OCH3 is 1. The lowest BCUT2D eigenvalue weighted by Gasteiger charge is -2.33. The minimum atomic E-state index is -0.740. The highest BCUT2D eigenvalue weighted by atomic mass is 35.5. The van der Waals surface area contributed by atoms with Crippen LogP contribution in [-0.4, -0.2) is 56.6 Å². The zero-order valence-electron chi connectivity index (χ0n) is 16.2. The maximum atomic E-state index is 12.1. The van der Waals surface area contributed by atoms with Gasteiger partial charge in [0.25, 0.3) is 0 Å². The van der Waals surface area contributed by atoms with Gasteiger partial charge >= 0.3 is 11.8 Å². The van der Waals surface area contributed by atoms with Gasteiger partial charge in [-0.2, -0.15) is 0 Å². The number of morpholine rings is 1. The molecule has 3 rings (SSSR count). The van der Waals surface area contributed by atoms with Crippen molar-refractivity contribution in [3.63, 3.8) is 0 Å². The number of hydrogen-bond acceptors (Lipinski definition) is 5. The van der Waals surface area contributed by atoms with Gasteiger partial charge in [0.1, 0.15) is 5.75 Å². The standard InChI is InChI=1S/C21H24ClN3O4/c1-28-18-8-7-16(13-17(18)22)24-21(27)20(26)23-9-10-25-11-12-29-19(14-25)15-5-3-2-4-6-15/h2-8,13,19H,9-12,14H2,1H3,(H,23,26)(H,24,27)/t19-/m1/s1. The van der Waals surface area contributed by atoms with E-state index >= 15 is 0 Å². The second kappa shape index (κ2) is 10.2. The topological polar surface area (TPSA) is 79.9 Å². The smallest absolute Gasteiger partial charge is 0.313 e. The zero-order chi connectivity index (χ0) is 20.6. The van der Waals surface area contributed by atoms with Gasteiger partial charge < -0.3 is 20.1 Å². The van der Waals surface area contributed by atoms with E-state index in [9.17, 15) is 9.59 Å². The molecule has 0 bridgehead atoms. The molecule has 2 amide bonds.